The smallest absolute Gasteiger partial charge is 0.271 e. The van der Waals surface area contributed by atoms with Crippen molar-refractivity contribution in [1.82, 2.24) is 4.72 Å². The minimum absolute atomic E-state index is 0.0288. The van der Waals surface area contributed by atoms with Gasteiger partial charge < -0.3 is 5.32 Å². The van der Waals surface area contributed by atoms with Crippen molar-refractivity contribution in [3.63, 3.8) is 0 Å². The van der Waals surface area contributed by atoms with Crippen molar-refractivity contribution in [3.8, 4) is 0 Å². The third-order valence-electron chi connectivity index (χ3n) is 4.71. The Morgan fingerprint density at radius 2 is 1.72 bits per heavy atom. The molecule has 0 saturated carbocycles. The number of carbonyl (C=O) groups is 1. The lowest BCUT2D eigenvalue weighted by Gasteiger charge is -2.19. The van der Waals surface area contributed by atoms with Crippen molar-refractivity contribution in [3.05, 3.63) is 99.9 Å². The van der Waals surface area contributed by atoms with Gasteiger partial charge in [0.05, 0.1) is 15.5 Å². The molecule has 32 heavy (non-hydrogen) atoms. The zero-order chi connectivity index (χ0) is 23.3. The second kappa shape index (κ2) is 9.67. The molecule has 166 valence electrons. The molecule has 0 unspecified atom stereocenters. The lowest BCUT2D eigenvalue weighted by atomic mass is 10.1. The van der Waals surface area contributed by atoms with Crippen LogP contribution in [0.4, 0.5) is 15.8 Å². The highest BCUT2D eigenvalue weighted by atomic mass is 32.2. The van der Waals surface area contributed by atoms with Gasteiger partial charge in [-0.1, -0.05) is 36.4 Å². The van der Waals surface area contributed by atoms with Crippen LogP contribution in [0.2, 0.25) is 0 Å². The number of hydrogen-bond acceptors (Lipinski definition) is 5. The SMILES string of the molecule is Cc1ccc([N+](=O)[O-])cc1NC(=O)[C@H](Cc1ccccc1)NS(=O)(=O)c1ccc(F)cc1. The number of nitro benzene ring substituents is 1. The summed E-state index contributed by atoms with van der Waals surface area (Å²) in [5.74, 6) is -1.29. The van der Waals surface area contributed by atoms with Gasteiger partial charge in [0.15, 0.2) is 0 Å². The van der Waals surface area contributed by atoms with Crippen molar-refractivity contribution in [1.29, 1.82) is 0 Å². The summed E-state index contributed by atoms with van der Waals surface area (Å²) in [6.07, 6.45) is 0.0288. The standard InChI is InChI=1S/C22H20FN3O5S/c1-15-7-10-18(26(28)29)14-20(15)24-22(27)21(13-16-5-3-2-4-6-16)25-32(30,31)19-11-8-17(23)9-12-19/h2-12,14,21,25H,13H2,1H3,(H,24,27)/t21-/m0/s1. The second-order valence-corrected chi connectivity index (χ2v) is 8.78. The molecule has 1 amide bonds. The molecule has 0 radical (unpaired) electrons. The van der Waals surface area contributed by atoms with Crippen molar-refractivity contribution in [2.45, 2.75) is 24.3 Å². The van der Waals surface area contributed by atoms with Gasteiger partial charge in [0.25, 0.3) is 5.69 Å². The van der Waals surface area contributed by atoms with E-state index >= 15 is 0 Å². The van der Waals surface area contributed by atoms with E-state index in [1.807, 2.05) is 0 Å². The van der Waals surface area contributed by atoms with Gasteiger partial charge in [0.2, 0.25) is 15.9 Å². The van der Waals surface area contributed by atoms with Crippen molar-refractivity contribution >= 4 is 27.3 Å². The predicted octanol–water partition coefficient (Wildman–Crippen LogP) is 3.57. The first kappa shape index (κ1) is 23.0. The van der Waals surface area contributed by atoms with E-state index < -0.39 is 32.7 Å². The number of benzene rings is 3. The van der Waals surface area contributed by atoms with Crippen LogP contribution in [0.25, 0.3) is 0 Å². The number of nitrogens with one attached hydrogen (secondary N) is 2. The maximum Gasteiger partial charge on any atom is 0.271 e. The normalized spacial score (nSPS) is 12.2. The summed E-state index contributed by atoms with van der Waals surface area (Å²) in [6.45, 7) is 1.66. The lowest BCUT2D eigenvalue weighted by Crippen LogP contribution is -2.45. The first-order valence-electron chi connectivity index (χ1n) is 9.53. The Bertz CT molecular complexity index is 1230. The van der Waals surface area contributed by atoms with Gasteiger partial charge in [-0.05, 0) is 48.7 Å². The van der Waals surface area contributed by atoms with Crippen LogP contribution in [0.5, 0.6) is 0 Å². The maximum atomic E-state index is 13.2. The van der Waals surface area contributed by atoms with Gasteiger partial charge in [0, 0.05) is 12.1 Å². The Kier molecular flexibility index (Phi) is 6.96. The average molecular weight is 457 g/mol. The molecule has 0 aliphatic heterocycles. The van der Waals surface area contributed by atoms with E-state index in [9.17, 15) is 27.7 Å². The van der Waals surface area contributed by atoms with Gasteiger partial charge in [-0.15, -0.1) is 0 Å². The molecule has 0 aliphatic rings. The number of aryl methyl sites for hydroxylation is 1. The lowest BCUT2D eigenvalue weighted by molar-refractivity contribution is -0.384. The number of rotatable bonds is 8. The molecular formula is C22H20FN3O5S. The van der Waals surface area contributed by atoms with E-state index in [1.54, 1.807) is 37.3 Å². The molecule has 2 N–H and O–H groups in total. The van der Waals surface area contributed by atoms with Gasteiger partial charge in [0.1, 0.15) is 11.9 Å². The van der Waals surface area contributed by atoms with E-state index in [0.29, 0.717) is 11.1 Å². The predicted molar refractivity (Wildman–Crippen MR) is 117 cm³/mol. The van der Waals surface area contributed by atoms with Crippen LogP contribution < -0.4 is 10.0 Å². The summed E-state index contributed by atoms with van der Waals surface area (Å²) in [7, 11) is -4.15. The number of amides is 1. The van der Waals surface area contributed by atoms with Crippen LogP contribution in [-0.4, -0.2) is 25.3 Å². The monoisotopic (exact) mass is 457 g/mol. The minimum Gasteiger partial charge on any atom is -0.324 e. The molecule has 0 aliphatic carbocycles. The fourth-order valence-electron chi connectivity index (χ4n) is 2.98. The van der Waals surface area contributed by atoms with Crippen LogP contribution in [0.3, 0.4) is 0 Å². The third kappa shape index (κ3) is 5.74. The number of sulfonamides is 1. The number of carbonyl (C=O) groups excluding carboxylic acids is 1. The van der Waals surface area contributed by atoms with Gasteiger partial charge >= 0.3 is 0 Å². The second-order valence-electron chi connectivity index (χ2n) is 7.06. The first-order chi connectivity index (χ1) is 15.2. The highest BCUT2D eigenvalue weighted by molar-refractivity contribution is 7.89. The molecule has 0 spiro atoms. The fourth-order valence-corrected chi connectivity index (χ4v) is 4.18. The van der Waals surface area contributed by atoms with E-state index in [2.05, 4.69) is 10.0 Å². The van der Waals surface area contributed by atoms with Gasteiger partial charge in [-0.2, -0.15) is 4.72 Å². The van der Waals surface area contributed by atoms with E-state index in [0.717, 1.165) is 24.3 Å². The van der Waals surface area contributed by atoms with Crippen LogP contribution >= 0.6 is 0 Å². The molecule has 3 aromatic carbocycles. The van der Waals surface area contributed by atoms with E-state index in [4.69, 9.17) is 0 Å². The maximum absolute atomic E-state index is 13.2. The fraction of sp³-hybridized carbons (Fsp3) is 0.136. The van der Waals surface area contributed by atoms with Crippen molar-refractivity contribution < 1.29 is 22.5 Å². The number of non-ortho nitro benzene ring substituents is 1. The topological polar surface area (TPSA) is 118 Å². The molecule has 0 bridgehead atoms. The summed E-state index contributed by atoms with van der Waals surface area (Å²) < 4.78 is 41.2. The average Bonchev–Trinajstić information content (AvgIpc) is 2.75. The first-order valence-corrected chi connectivity index (χ1v) is 11.0. The molecule has 0 heterocycles. The molecule has 3 rings (SSSR count). The van der Waals surface area contributed by atoms with E-state index in [-0.39, 0.29) is 22.7 Å². The Labute approximate surface area is 184 Å². The molecule has 0 aromatic heterocycles. The molecule has 10 heteroatoms. The quantitative estimate of drug-likeness (QED) is 0.396. The van der Waals surface area contributed by atoms with Crippen molar-refractivity contribution in [2.24, 2.45) is 0 Å². The Balaban J connectivity index is 1.90. The summed E-state index contributed by atoms with van der Waals surface area (Å²) in [6, 6.07) is 15.8. The number of hydrogen-bond donors (Lipinski definition) is 2. The van der Waals surface area contributed by atoms with Crippen LogP contribution in [0.1, 0.15) is 11.1 Å². The summed E-state index contributed by atoms with van der Waals surface area (Å²) in [4.78, 5) is 23.3. The molecule has 8 nitrogen and oxygen atoms in total. The van der Waals surface area contributed by atoms with Crippen LogP contribution in [0.15, 0.2) is 77.7 Å². The zero-order valence-corrected chi connectivity index (χ0v) is 17.8. The number of halogens is 1. The highest BCUT2D eigenvalue weighted by Crippen LogP contribution is 2.22. The largest absolute Gasteiger partial charge is 0.324 e. The van der Waals surface area contributed by atoms with Gasteiger partial charge in [-0.25, -0.2) is 12.8 Å². The number of nitrogens with zero attached hydrogens (tertiary/aromatic N) is 1. The molecule has 0 fully saturated rings. The highest BCUT2D eigenvalue weighted by Gasteiger charge is 2.27. The Hall–Kier alpha value is -3.63. The number of anilines is 1. The third-order valence-corrected chi connectivity index (χ3v) is 6.20. The molecule has 1 atom stereocenters. The minimum atomic E-state index is -4.15. The summed E-state index contributed by atoms with van der Waals surface area (Å²) >= 11 is 0. The van der Waals surface area contributed by atoms with Gasteiger partial charge in [-0.3, -0.25) is 14.9 Å². The Morgan fingerprint density at radius 3 is 2.34 bits per heavy atom. The molecule has 3 aromatic rings. The van der Waals surface area contributed by atoms with Crippen LogP contribution in [-0.2, 0) is 21.2 Å². The zero-order valence-electron chi connectivity index (χ0n) is 17.0. The summed E-state index contributed by atoms with van der Waals surface area (Å²) in [5, 5.41) is 13.6. The summed E-state index contributed by atoms with van der Waals surface area (Å²) in [5.41, 5.74) is 1.26. The van der Waals surface area contributed by atoms with Crippen LogP contribution in [0, 0.1) is 22.9 Å². The Morgan fingerprint density at radius 1 is 1.06 bits per heavy atom. The van der Waals surface area contributed by atoms with Crippen molar-refractivity contribution in [2.75, 3.05) is 5.32 Å². The number of nitro groups is 1. The van der Waals surface area contributed by atoms with E-state index in [1.165, 1.54) is 18.2 Å². The molecular weight excluding hydrogens is 437 g/mol. The molecule has 0 saturated heterocycles.